The Balaban J connectivity index is 1.51. The van der Waals surface area contributed by atoms with E-state index in [0.29, 0.717) is 23.2 Å². The minimum Gasteiger partial charge on any atom is -0.376 e. The molecule has 1 aliphatic heterocycles. The lowest BCUT2D eigenvalue weighted by molar-refractivity contribution is -0.130. The van der Waals surface area contributed by atoms with Crippen LogP contribution in [-0.4, -0.2) is 29.7 Å². The largest absolute Gasteiger partial charge is 0.376 e. The van der Waals surface area contributed by atoms with Crippen molar-refractivity contribution in [3.8, 4) is 0 Å². The fourth-order valence-corrected chi connectivity index (χ4v) is 3.89. The number of hydrogen-bond acceptors (Lipinski definition) is 4. The van der Waals surface area contributed by atoms with Gasteiger partial charge in [0.25, 0.3) is 5.76 Å². The predicted molar refractivity (Wildman–Crippen MR) is 90.2 cm³/mol. The van der Waals surface area contributed by atoms with Gasteiger partial charge in [0.2, 0.25) is 5.91 Å². The van der Waals surface area contributed by atoms with Crippen LogP contribution >= 0.6 is 23.1 Å². The van der Waals surface area contributed by atoms with Crippen LogP contribution < -0.4 is 5.32 Å². The summed E-state index contributed by atoms with van der Waals surface area (Å²) in [6.45, 7) is 1.63. The number of hydrogen-bond donors (Lipinski definition) is 1. The summed E-state index contributed by atoms with van der Waals surface area (Å²) in [5, 5.41) is 5.12. The number of amides is 1. The van der Waals surface area contributed by atoms with Crippen LogP contribution in [0.25, 0.3) is 0 Å². The van der Waals surface area contributed by atoms with Crippen molar-refractivity contribution in [2.24, 2.45) is 0 Å². The molecule has 0 atom stereocenters. The Morgan fingerprint density at radius 3 is 2.83 bits per heavy atom. The molecule has 1 aliphatic rings. The van der Waals surface area contributed by atoms with Crippen LogP contribution in [0.3, 0.4) is 0 Å². The zero-order valence-electron chi connectivity index (χ0n) is 12.3. The number of carbonyl (C=O) groups excluding carboxylic acids is 1. The van der Waals surface area contributed by atoms with Gasteiger partial charge >= 0.3 is 0 Å². The molecule has 122 valence electrons. The van der Waals surface area contributed by atoms with Crippen molar-refractivity contribution < 1.29 is 13.6 Å². The summed E-state index contributed by atoms with van der Waals surface area (Å²) in [6, 6.07) is 8.76. The molecule has 0 fully saturated rings. The summed E-state index contributed by atoms with van der Waals surface area (Å²) >= 11 is 2.26. The Bertz CT molecular complexity index is 673. The lowest BCUT2D eigenvalue weighted by atomic mass is 10.1. The van der Waals surface area contributed by atoms with Gasteiger partial charge < -0.3 is 10.2 Å². The molecule has 23 heavy (non-hydrogen) atoms. The molecule has 2 aromatic rings. The maximum Gasteiger partial charge on any atom is 0.288 e. The number of thiophene rings is 1. The zero-order chi connectivity index (χ0) is 16.2. The highest BCUT2D eigenvalue weighted by Crippen LogP contribution is 2.26. The predicted octanol–water partition coefficient (Wildman–Crippen LogP) is 4.06. The third-order valence-corrected chi connectivity index (χ3v) is 5.43. The molecule has 1 aromatic carbocycles. The molecule has 3 nitrogen and oxygen atoms in total. The summed E-state index contributed by atoms with van der Waals surface area (Å²) in [5.74, 6) is -2.37. The number of thioether (sulfide) groups is 1. The number of carbonyl (C=O) groups is 1. The molecule has 0 aliphatic carbocycles. The molecule has 7 heteroatoms. The molecule has 0 saturated heterocycles. The second kappa shape index (κ2) is 7.31. The van der Waals surface area contributed by atoms with Gasteiger partial charge in [0.1, 0.15) is 0 Å². The summed E-state index contributed by atoms with van der Waals surface area (Å²) in [6.07, 6.45) is 0.915. The van der Waals surface area contributed by atoms with Crippen LogP contribution in [0.4, 0.5) is 14.5 Å². The number of nitrogens with one attached hydrogen (secondary N) is 1. The molecule has 1 N–H and O–H groups in total. The molecular weight excluding hydrogens is 338 g/mol. The third-order valence-electron chi connectivity index (χ3n) is 3.68. The molecule has 0 saturated carbocycles. The molecule has 0 radical (unpaired) electrons. The fraction of sp³-hybridized carbons (Fsp3) is 0.312. The zero-order valence-corrected chi connectivity index (χ0v) is 13.9. The second-order valence-corrected chi connectivity index (χ2v) is 7.25. The minimum absolute atomic E-state index is 0.0490. The number of nitrogens with zero attached hydrogens (tertiary/aromatic N) is 1. The van der Waals surface area contributed by atoms with Gasteiger partial charge in [-0.15, -0.1) is 11.3 Å². The normalized spacial score (nSPS) is 14.0. The first-order chi connectivity index (χ1) is 11.1. The molecule has 0 spiro atoms. The maximum atomic E-state index is 12.3. The second-order valence-electron chi connectivity index (χ2n) is 5.19. The first kappa shape index (κ1) is 16.3. The van der Waals surface area contributed by atoms with Gasteiger partial charge in [-0.25, -0.2) is 0 Å². The molecule has 1 amide bonds. The molecule has 3 rings (SSSR count). The highest BCUT2D eigenvalue weighted by Gasteiger charge is 2.21. The number of rotatable bonds is 5. The number of fused-ring (bicyclic) bond motifs is 1. The van der Waals surface area contributed by atoms with Crippen LogP contribution in [0.5, 0.6) is 0 Å². The number of alkyl halides is 2. The van der Waals surface area contributed by atoms with Crippen LogP contribution in [0.2, 0.25) is 0 Å². The molecule has 2 heterocycles. The van der Waals surface area contributed by atoms with Crippen molar-refractivity contribution in [2.75, 3.05) is 18.4 Å². The Morgan fingerprint density at radius 1 is 1.30 bits per heavy atom. The number of benzene rings is 1. The average molecular weight is 354 g/mol. The van der Waals surface area contributed by atoms with Crippen LogP contribution in [0.15, 0.2) is 40.6 Å². The van der Waals surface area contributed by atoms with Crippen molar-refractivity contribution in [3.05, 3.63) is 46.2 Å². The summed E-state index contributed by atoms with van der Waals surface area (Å²) < 4.78 is 24.5. The third kappa shape index (κ3) is 4.23. The van der Waals surface area contributed by atoms with Crippen LogP contribution in [0.1, 0.15) is 10.4 Å². The van der Waals surface area contributed by atoms with Gasteiger partial charge in [0, 0.05) is 28.5 Å². The van der Waals surface area contributed by atoms with Crippen molar-refractivity contribution in [1.82, 2.24) is 4.90 Å². The maximum absolute atomic E-state index is 12.3. The molecule has 0 bridgehead atoms. The van der Waals surface area contributed by atoms with E-state index in [1.165, 1.54) is 10.4 Å². The van der Waals surface area contributed by atoms with Gasteiger partial charge in [0.15, 0.2) is 0 Å². The Hall–Kier alpha value is -1.60. The first-order valence-corrected chi connectivity index (χ1v) is 8.99. The lowest BCUT2D eigenvalue weighted by Crippen LogP contribution is -2.38. The van der Waals surface area contributed by atoms with Gasteiger partial charge in [-0.1, -0.05) is 11.8 Å². The van der Waals surface area contributed by atoms with Crippen LogP contribution in [0, 0.1) is 0 Å². The Morgan fingerprint density at radius 2 is 2.09 bits per heavy atom. The highest BCUT2D eigenvalue weighted by atomic mass is 32.2. The molecular formula is C16H16F2N2OS2. The average Bonchev–Trinajstić information content (AvgIpc) is 3.01. The van der Waals surface area contributed by atoms with Gasteiger partial charge in [-0.05, 0) is 47.7 Å². The van der Waals surface area contributed by atoms with E-state index in [0.717, 1.165) is 18.7 Å². The van der Waals surface area contributed by atoms with E-state index in [2.05, 4.69) is 16.8 Å². The molecule has 1 aromatic heterocycles. The van der Waals surface area contributed by atoms with E-state index in [-0.39, 0.29) is 12.5 Å². The summed E-state index contributed by atoms with van der Waals surface area (Å²) in [7, 11) is 0. The van der Waals surface area contributed by atoms with Gasteiger partial charge in [-0.2, -0.15) is 8.78 Å². The lowest BCUT2D eigenvalue weighted by Gasteiger charge is -2.27. The Kier molecular flexibility index (Phi) is 5.17. The number of anilines is 1. The van der Waals surface area contributed by atoms with Gasteiger partial charge in [0.05, 0.1) is 6.54 Å². The number of halogens is 2. The van der Waals surface area contributed by atoms with Crippen molar-refractivity contribution in [3.63, 3.8) is 0 Å². The van der Waals surface area contributed by atoms with E-state index in [1.807, 2.05) is 4.90 Å². The Labute approximate surface area is 141 Å². The topological polar surface area (TPSA) is 32.3 Å². The van der Waals surface area contributed by atoms with E-state index in [9.17, 15) is 13.6 Å². The smallest absolute Gasteiger partial charge is 0.288 e. The van der Waals surface area contributed by atoms with Crippen molar-refractivity contribution in [2.45, 2.75) is 23.6 Å². The summed E-state index contributed by atoms with van der Waals surface area (Å²) in [5.41, 5.74) is 1.99. The SMILES string of the molecule is O=C(CNc1ccc(SC(F)F)cc1)N1CCc2sccc2C1. The van der Waals surface area contributed by atoms with E-state index in [1.54, 1.807) is 35.6 Å². The van der Waals surface area contributed by atoms with Crippen LogP contribution in [-0.2, 0) is 17.8 Å². The van der Waals surface area contributed by atoms with E-state index >= 15 is 0 Å². The van der Waals surface area contributed by atoms with Gasteiger partial charge in [-0.3, -0.25) is 4.79 Å². The first-order valence-electron chi connectivity index (χ1n) is 7.23. The fourth-order valence-electron chi connectivity index (χ4n) is 2.51. The summed E-state index contributed by atoms with van der Waals surface area (Å²) in [4.78, 5) is 16.0. The van der Waals surface area contributed by atoms with E-state index < -0.39 is 5.76 Å². The monoisotopic (exact) mass is 354 g/mol. The molecule has 0 unspecified atom stereocenters. The van der Waals surface area contributed by atoms with Crippen molar-refractivity contribution in [1.29, 1.82) is 0 Å². The van der Waals surface area contributed by atoms with E-state index in [4.69, 9.17) is 0 Å². The van der Waals surface area contributed by atoms with Crippen molar-refractivity contribution >= 4 is 34.7 Å². The quantitative estimate of drug-likeness (QED) is 0.822. The minimum atomic E-state index is -2.42. The highest BCUT2D eigenvalue weighted by molar-refractivity contribution is 7.99. The standard InChI is InChI=1S/C16H16F2N2OS2/c17-16(18)23-13-3-1-12(2-4-13)19-9-15(21)20-7-5-14-11(10-20)6-8-22-14/h1-4,6,8,16,19H,5,7,9-10H2.